The number of nitrogen functional groups attached to an aromatic ring is 1. The van der Waals surface area contributed by atoms with Crippen LogP contribution in [-0.2, 0) is 0 Å². The lowest BCUT2D eigenvalue weighted by Gasteiger charge is -1.97. The number of pyridine rings is 1. The Balaban J connectivity index is 2.19. The molecule has 0 amide bonds. The SMILES string of the molecule is Cc1cc2nc(-c3ccnc(N)c3)[nH]c2cc1C. The molecular weight excluding hydrogens is 224 g/mol. The minimum absolute atomic E-state index is 0.500. The molecule has 3 rings (SSSR count). The zero-order valence-electron chi connectivity index (χ0n) is 10.4. The number of fused-ring (bicyclic) bond motifs is 1. The molecule has 0 bridgehead atoms. The van der Waals surface area contributed by atoms with E-state index in [4.69, 9.17) is 5.73 Å². The minimum Gasteiger partial charge on any atom is -0.384 e. The molecule has 0 fully saturated rings. The Labute approximate surface area is 105 Å². The molecule has 0 aliphatic heterocycles. The Morgan fingerprint density at radius 3 is 2.67 bits per heavy atom. The summed E-state index contributed by atoms with van der Waals surface area (Å²) in [5, 5.41) is 0. The highest BCUT2D eigenvalue weighted by atomic mass is 14.9. The molecule has 0 saturated carbocycles. The van der Waals surface area contributed by atoms with Gasteiger partial charge in [0.2, 0.25) is 0 Å². The van der Waals surface area contributed by atoms with Crippen LogP contribution in [0.15, 0.2) is 30.5 Å². The van der Waals surface area contributed by atoms with Crippen LogP contribution in [0.2, 0.25) is 0 Å². The third-order valence-electron chi connectivity index (χ3n) is 3.15. The van der Waals surface area contributed by atoms with Crippen molar-refractivity contribution in [3.8, 4) is 11.4 Å². The molecule has 0 spiro atoms. The molecule has 2 aromatic heterocycles. The average molecular weight is 238 g/mol. The van der Waals surface area contributed by atoms with E-state index in [2.05, 4.69) is 40.9 Å². The first-order valence-electron chi connectivity index (χ1n) is 5.82. The van der Waals surface area contributed by atoms with E-state index in [0.717, 1.165) is 22.4 Å². The second-order valence-corrected chi connectivity index (χ2v) is 4.51. The summed E-state index contributed by atoms with van der Waals surface area (Å²) in [6, 6.07) is 7.92. The maximum absolute atomic E-state index is 5.69. The van der Waals surface area contributed by atoms with Gasteiger partial charge >= 0.3 is 0 Å². The zero-order valence-corrected chi connectivity index (χ0v) is 10.4. The molecule has 4 nitrogen and oxygen atoms in total. The summed E-state index contributed by atoms with van der Waals surface area (Å²) in [4.78, 5) is 11.9. The first kappa shape index (κ1) is 10.8. The van der Waals surface area contributed by atoms with E-state index < -0.39 is 0 Å². The quantitative estimate of drug-likeness (QED) is 0.685. The number of imidazole rings is 1. The van der Waals surface area contributed by atoms with E-state index in [0.29, 0.717) is 5.82 Å². The summed E-state index contributed by atoms with van der Waals surface area (Å²) in [6.45, 7) is 4.19. The molecule has 0 saturated heterocycles. The second-order valence-electron chi connectivity index (χ2n) is 4.51. The van der Waals surface area contributed by atoms with Crippen LogP contribution in [0.1, 0.15) is 11.1 Å². The number of hydrogen-bond acceptors (Lipinski definition) is 3. The molecule has 0 atom stereocenters. The van der Waals surface area contributed by atoms with Gasteiger partial charge in [0.1, 0.15) is 11.6 Å². The van der Waals surface area contributed by atoms with Crippen LogP contribution in [-0.4, -0.2) is 15.0 Å². The highest BCUT2D eigenvalue weighted by Gasteiger charge is 2.07. The van der Waals surface area contributed by atoms with Gasteiger partial charge in [-0.15, -0.1) is 0 Å². The molecular formula is C14H14N4. The van der Waals surface area contributed by atoms with Crippen molar-refractivity contribution >= 4 is 16.9 Å². The number of benzene rings is 1. The van der Waals surface area contributed by atoms with Gasteiger partial charge in [-0.05, 0) is 49.2 Å². The molecule has 3 N–H and O–H groups in total. The maximum atomic E-state index is 5.69. The Bertz CT molecular complexity index is 689. The van der Waals surface area contributed by atoms with Crippen molar-refractivity contribution in [3.63, 3.8) is 0 Å². The van der Waals surface area contributed by atoms with Crippen LogP contribution in [0.4, 0.5) is 5.82 Å². The molecule has 90 valence electrons. The van der Waals surface area contributed by atoms with E-state index in [1.165, 1.54) is 11.1 Å². The van der Waals surface area contributed by atoms with Gasteiger partial charge in [0.05, 0.1) is 11.0 Å². The molecule has 3 aromatic rings. The van der Waals surface area contributed by atoms with Gasteiger partial charge in [0, 0.05) is 11.8 Å². The highest BCUT2D eigenvalue weighted by Crippen LogP contribution is 2.23. The Hall–Kier alpha value is -2.36. The fourth-order valence-electron chi connectivity index (χ4n) is 2.00. The summed E-state index contributed by atoms with van der Waals surface area (Å²) in [5.41, 5.74) is 11.2. The van der Waals surface area contributed by atoms with Gasteiger partial charge in [0.25, 0.3) is 0 Å². The number of aryl methyl sites for hydroxylation is 2. The van der Waals surface area contributed by atoms with E-state index in [1.807, 2.05) is 12.1 Å². The topological polar surface area (TPSA) is 67.6 Å². The molecule has 1 aromatic carbocycles. The number of aromatic amines is 1. The number of nitrogens with two attached hydrogens (primary N) is 1. The van der Waals surface area contributed by atoms with Gasteiger partial charge in [-0.2, -0.15) is 0 Å². The zero-order chi connectivity index (χ0) is 12.7. The van der Waals surface area contributed by atoms with Crippen LogP contribution in [0.25, 0.3) is 22.4 Å². The monoisotopic (exact) mass is 238 g/mol. The fourth-order valence-corrected chi connectivity index (χ4v) is 2.00. The van der Waals surface area contributed by atoms with E-state index >= 15 is 0 Å². The Morgan fingerprint density at radius 1 is 1.11 bits per heavy atom. The second kappa shape index (κ2) is 3.84. The maximum Gasteiger partial charge on any atom is 0.138 e. The molecule has 0 radical (unpaired) electrons. The van der Waals surface area contributed by atoms with Crippen molar-refractivity contribution in [1.29, 1.82) is 0 Å². The summed E-state index contributed by atoms with van der Waals surface area (Å²) in [6.07, 6.45) is 1.69. The van der Waals surface area contributed by atoms with Crippen LogP contribution >= 0.6 is 0 Å². The van der Waals surface area contributed by atoms with Gasteiger partial charge < -0.3 is 10.7 Å². The number of H-pyrrole nitrogens is 1. The van der Waals surface area contributed by atoms with Crippen molar-refractivity contribution in [2.24, 2.45) is 0 Å². The Kier molecular flexibility index (Phi) is 2.30. The van der Waals surface area contributed by atoms with E-state index in [1.54, 1.807) is 6.20 Å². The number of anilines is 1. The predicted octanol–water partition coefficient (Wildman–Crippen LogP) is 2.82. The predicted molar refractivity (Wildman–Crippen MR) is 73.2 cm³/mol. The van der Waals surface area contributed by atoms with Crippen molar-refractivity contribution in [2.75, 3.05) is 5.73 Å². The van der Waals surface area contributed by atoms with Gasteiger partial charge in [0.15, 0.2) is 0 Å². The molecule has 18 heavy (non-hydrogen) atoms. The van der Waals surface area contributed by atoms with Gasteiger partial charge in [-0.3, -0.25) is 0 Å². The Morgan fingerprint density at radius 2 is 1.89 bits per heavy atom. The first-order chi connectivity index (χ1) is 8.63. The molecule has 0 unspecified atom stereocenters. The third-order valence-corrected chi connectivity index (χ3v) is 3.15. The van der Waals surface area contributed by atoms with Crippen molar-refractivity contribution in [2.45, 2.75) is 13.8 Å². The van der Waals surface area contributed by atoms with Gasteiger partial charge in [-0.1, -0.05) is 0 Å². The molecule has 4 heteroatoms. The van der Waals surface area contributed by atoms with Gasteiger partial charge in [-0.25, -0.2) is 9.97 Å². The van der Waals surface area contributed by atoms with Crippen LogP contribution in [0.5, 0.6) is 0 Å². The first-order valence-corrected chi connectivity index (χ1v) is 5.82. The van der Waals surface area contributed by atoms with E-state index in [-0.39, 0.29) is 0 Å². The van der Waals surface area contributed by atoms with Crippen molar-refractivity contribution in [3.05, 3.63) is 41.6 Å². The number of aromatic nitrogens is 3. The van der Waals surface area contributed by atoms with Crippen molar-refractivity contribution < 1.29 is 0 Å². The standard InChI is InChI=1S/C14H14N4/c1-8-5-11-12(6-9(8)2)18-14(17-11)10-3-4-16-13(15)7-10/h3-7H,1-2H3,(H2,15,16)(H,17,18). The van der Waals surface area contributed by atoms with Crippen LogP contribution in [0, 0.1) is 13.8 Å². The lowest BCUT2D eigenvalue weighted by atomic mass is 10.1. The van der Waals surface area contributed by atoms with Crippen LogP contribution < -0.4 is 5.73 Å². The lowest BCUT2D eigenvalue weighted by molar-refractivity contribution is 1.29. The number of nitrogens with zero attached hydrogens (tertiary/aromatic N) is 2. The molecule has 2 heterocycles. The number of rotatable bonds is 1. The minimum atomic E-state index is 0.500. The summed E-state index contributed by atoms with van der Waals surface area (Å²) in [7, 11) is 0. The summed E-state index contributed by atoms with van der Waals surface area (Å²) in [5.74, 6) is 1.32. The molecule has 0 aliphatic rings. The molecule has 0 aliphatic carbocycles. The highest BCUT2D eigenvalue weighted by molar-refractivity contribution is 5.81. The smallest absolute Gasteiger partial charge is 0.138 e. The largest absolute Gasteiger partial charge is 0.384 e. The third kappa shape index (κ3) is 1.72. The normalized spacial score (nSPS) is 11.0. The number of nitrogens with one attached hydrogen (secondary N) is 1. The number of hydrogen-bond donors (Lipinski definition) is 2. The summed E-state index contributed by atoms with van der Waals surface area (Å²) < 4.78 is 0. The van der Waals surface area contributed by atoms with Crippen LogP contribution in [0.3, 0.4) is 0 Å². The average Bonchev–Trinajstić information content (AvgIpc) is 2.73. The van der Waals surface area contributed by atoms with Crippen molar-refractivity contribution in [1.82, 2.24) is 15.0 Å². The fraction of sp³-hybridized carbons (Fsp3) is 0.143. The lowest BCUT2D eigenvalue weighted by Crippen LogP contribution is -1.90. The summed E-state index contributed by atoms with van der Waals surface area (Å²) >= 11 is 0. The van der Waals surface area contributed by atoms with E-state index in [9.17, 15) is 0 Å².